The smallest absolute Gasteiger partial charge is 0.0667 e. The van der Waals surface area contributed by atoms with Crippen LogP contribution in [0, 0.1) is 0 Å². The first-order valence-electron chi connectivity index (χ1n) is 32.6. The minimum absolute atomic E-state index is 0.303. The molecule has 0 N–H and O–H groups in total. The van der Waals surface area contributed by atoms with E-state index in [0.717, 1.165) is 38.0 Å². The predicted molar refractivity (Wildman–Crippen MR) is 240 cm³/mol. The molecule has 3 aromatic heterocycles. The molecular weight excluding hydrogens is 691 g/mol. The molecule has 266 valence electrons. The second-order valence-electron chi connectivity index (χ2n) is 12.6. The fourth-order valence-electron chi connectivity index (χ4n) is 7.24. The first kappa shape index (κ1) is 13.8. The van der Waals surface area contributed by atoms with Crippen LogP contribution in [-0.2, 0) is 0 Å². The Hall–Kier alpha value is -7.62. The molecule has 0 spiro atoms. The van der Waals surface area contributed by atoms with Crippen molar-refractivity contribution in [1.82, 2.24) is 13.7 Å². The summed E-state index contributed by atoms with van der Waals surface area (Å²) in [5.41, 5.74) is -6.90. The van der Waals surface area contributed by atoms with Crippen molar-refractivity contribution in [2.24, 2.45) is 0 Å². The number of hydrogen-bond acceptors (Lipinski definition) is 0. The third-order valence-electron chi connectivity index (χ3n) is 9.60. The van der Waals surface area contributed by atoms with Gasteiger partial charge in [-0.3, -0.25) is 0 Å². The number of hydrogen-bond donors (Lipinski definition) is 0. The zero-order valence-electron chi connectivity index (χ0n) is 59.7. The van der Waals surface area contributed by atoms with Gasteiger partial charge in [-0.25, -0.2) is 0 Å². The van der Waals surface area contributed by atoms with Crippen LogP contribution in [0.4, 0.5) is 0 Å². The Kier molecular flexibility index (Phi) is 3.02. The largest absolute Gasteiger partial charge is 0.309 e. The van der Waals surface area contributed by atoms with Gasteiger partial charge in [0.1, 0.15) is 0 Å². The van der Waals surface area contributed by atoms with Crippen molar-refractivity contribution in [3.05, 3.63) is 212 Å². The maximum Gasteiger partial charge on any atom is 0.0667 e. The molecule has 12 aromatic rings. The molecule has 3 heteroatoms. The lowest BCUT2D eigenvalue weighted by atomic mass is 9.98. The zero-order chi connectivity index (χ0) is 64.4. The van der Waals surface area contributed by atoms with Crippen LogP contribution in [0.15, 0.2) is 212 Å². The fourth-order valence-corrected chi connectivity index (χ4v) is 7.24. The lowest BCUT2D eigenvalue weighted by Crippen LogP contribution is -1.98. The molecule has 9 aromatic carbocycles. The number of fused-ring (bicyclic) bond motifs is 9. The summed E-state index contributed by atoms with van der Waals surface area (Å²) in [7, 11) is 0. The Labute approximate surface area is 373 Å². The average Bonchev–Trinajstić information content (AvgIpc) is 1.63. The summed E-state index contributed by atoms with van der Waals surface area (Å²) in [6, 6.07) is -21.7. The number of nitrogens with zero attached hydrogens (tertiary/aromatic N) is 3. The predicted octanol–water partition coefficient (Wildman–Crippen LogP) is 14.3. The highest BCUT2D eigenvalue weighted by Gasteiger charge is 2.19. The highest BCUT2D eigenvalue weighted by Crippen LogP contribution is 2.40. The maximum atomic E-state index is 10.3. The number of rotatable bonds is 5. The highest BCUT2D eigenvalue weighted by molar-refractivity contribution is 6.13. The van der Waals surface area contributed by atoms with Crippen molar-refractivity contribution in [3.63, 3.8) is 0 Å². The van der Waals surface area contributed by atoms with E-state index in [9.17, 15) is 13.7 Å². The first-order chi connectivity index (χ1) is 41.2. The molecule has 0 bridgehead atoms. The quantitative estimate of drug-likeness (QED) is 0.166. The van der Waals surface area contributed by atoms with E-state index < -0.39 is 264 Å². The number of para-hydroxylation sites is 4. The van der Waals surface area contributed by atoms with Crippen LogP contribution >= 0.6 is 0 Å². The van der Waals surface area contributed by atoms with Gasteiger partial charge >= 0.3 is 0 Å². The van der Waals surface area contributed by atoms with Crippen LogP contribution < -0.4 is 0 Å². The molecule has 0 aliphatic heterocycles. The summed E-state index contributed by atoms with van der Waals surface area (Å²) in [6.45, 7) is 0. The van der Waals surface area contributed by atoms with E-state index in [1.54, 1.807) is 0 Å². The van der Waals surface area contributed by atoms with Crippen LogP contribution in [0.3, 0.4) is 0 Å². The molecule has 0 fully saturated rings. The van der Waals surface area contributed by atoms with E-state index >= 15 is 0 Å². The van der Waals surface area contributed by atoms with Crippen LogP contribution in [0.1, 0.15) is 42.5 Å². The number of aromatic nitrogens is 3. The molecule has 0 unspecified atom stereocenters. The molecule has 3 nitrogen and oxygen atoms in total. The van der Waals surface area contributed by atoms with Gasteiger partial charge < -0.3 is 13.7 Å². The van der Waals surface area contributed by atoms with Crippen molar-refractivity contribution < 1.29 is 42.5 Å². The van der Waals surface area contributed by atoms with Crippen molar-refractivity contribution in [2.75, 3.05) is 0 Å². The molecule has 3 heterocycles. The normalized spacial score (nSPS) is 19.5. The molecule has 0 saturated heterocycles. The van der Waals surface area contributed by atoms with Gasteiger partial charge in [0.2, 0.25) is 0 Å². The van der Waals surface area contributed by atoms with Gasteiger partial charge in [0.15, 0.2) is 0 Å². The summed E-state index contributed by atoms with van der Waals surface area (Å²) in [5.74, 6) is 0. The summed E-state index contributed by atoms with van der Waals surface area (Å²) in [6.07, 6.45) is 0. The third kappa shape index (κ3) is 4.86. The minimum atomic E-state index is -1.05. The van der Waals surface area contributed by atoms with Crippen LogP contribution in [0.5, 0.6) is 0 Å². The van der Waals surface area contributed by atoms with Gasteiger partial charge in [-0.1, -0.05) is 139 Å². The number of benzene rings is 9. The van der Waals surface area contributed by atoms with Gasteiger partial charge in [-0.15, -0.1) is 0 Å². The van der Waals surface area contributed by atoms with E-state index in [0.29, 0.717) is 0 Å². The highest BCUT2D eigenvalue weighted by atomic mass is 15.0. The first-order valence-corrected chi connectivity index (χ1v) is 17.1. The average molecular weight is 757 g/mol. The summed E-state index contributed by atoms with van der Waals surface area (Å²) in [5, 5.41) is -3.04. The summed E-state index contributed by atoms with van der Waals surface area (Å²) in [4.78, 5) is 0. The molecule has 0 aliphatic carbocycles. The maximum absolute atomic E-state index is 10.3. The second-order valence-corrected chi connectivity index (χ2v) is 12.6. The van der Waals surface area contributed by atoms with Gasteiger partial charge in [0.25, 0.3) is 0 Å². The lowest BCUT2D eigenvalue weighted by molar-refractivity contribution is 1.15. The summed E-state index contributed by atoms with van der Waals surface area (Å²) < 4.78 is 284. The molecular formula is C54H35N3. The molecule has 0 saturated carbocycles. The van der Waals surface area contributed by atoms with Gasteiger partial charge in [0.05, 0.1) is 75.6 Å². The van der Waals surface area contributed by atoms with Crippen LogP contribution in [-0.4, -0.2) is 13.7 Å². The van der Waals surface area contributed by atoms with Crippen molar-refractivity contribution in [1.29, 1.82) is 0 Å². The molecule has 12 rings (SSSR count). The van der Waals surface area contributed by atoms with Crippen molar-refractivity contribution >= 4 is 65.4 Å². The minimum Gasteiger partial charge on any atom is -0.309 e. The van der Waals surface area contributed by atoms with Crippen LogP contribution in [0.2, 0.25) is 0 Å². The van der Waals surface area contributed by atoms with E-state index in [2.05, 4.69) is 0 Å². The molecule has 0 aliphatic rings. The van der Waals surface area contributed by atoms with Gasteiger partial charge in [0, 0.05) is 49.4 Å². The van der Waals surface area contributed by atoms with E-state index in [4.69, 9.17) is 28.8 Å². The van der Waals surface area contributed by atoms with Crippen LogP contribution in [0.25, 0.3) is 105 Å². The Morgan fingerprint density at radius 2 is 0.684 bits per heavy atom. The molecule has 57 heavy (non-hydrogen) atoms. The topological polar surface area (TPSA) is 14.8 Å². The van der Waals surface area contributed by atoms with E-state index in [1.807, 2.05) is 0 Å². The molecule has 0 amide bonds. The second kappa shape index (κ2) is 12.5. The Bertz CT molecular complexity index is 5200. The van der Waals surface area contributed by atoms with E-state index in [1.165, 1.54) is 0 Å². The van der Waals surface area contributed by atoms with E-state index in [-0.39, 0.29) is 27.7 Å². The third-order valence-corrected chi connectivity index (χ3v) is 9.60. The fraction of sp³-hybridized carbons (Fsp3) is 0. The monoisotopic (exact) mass is 756 g/mol. The Morgan fingerprint density at radius 3 is 1.30 bits per heavy atom. The Morgan fingerprint density at radius 1 is 0.263 bits per heavy atom. The van der Waals surface area contributed by atoms with Crippen molar-refractivity contribution in [2.45, 2.75) is 0 Å². The van der Waals surface area contributed by atoms with Crippen molar-refractivity contribution in [3.8, 4) is 39.3 Å². The Balaban J connectivity index is 1.31. The van der Waals surface area contributed by atoms with Gasteiger partial charge in [-0.05, 0) is 94.9 Å². The lowest BCUT2D eigenvalue weighted by Gasteiger charge is -2.14. The summed E-state index contributed by atoms with van der Waals surface area (Å²) >= 11 is 0. The SMILES string of the molecule is [2H]c1cc2c(c([2H])c1[2H])c1c([2H])c([2H])c([2H])c([2H])c1n2-c1c([2H])c([2H])c2c3c([2H])c([2H])c([2H])c([2H])c3n(-c3c([2H])c([2H])c4c(c3[2H])c3c([2H])c([2H])c([2H])c([2H])c3n4-c3cc(-c4c([2H])c([2H])c([2H])c([2H])c4[2H])cc(-c4c([2H])c([2H])c([2H])c([2H])c4[2H])c3)c2c1[2H]. The standard InChI is InChI=1S/C54H35N3/c1-3-15-36(16-4-1)38-31-39(37-17-5-2-6-18-37)33-42(32-38)57-52-26-14-10-22-46(52)48-34-40(28-30-53(48)57)56-51-25-13-9-21-45(51)47-29-27-41(35-54(47)56)55-49-23-11-7-19-43(49)44-20-8-12-24-50(44)55/h1-35H/i1D,2D,3D,4D,5D,6D,7D,8D,9D,10D,11D,12D,13D,14D,15D,16D,17D,18D,19D,20D,21D,22D,23D,25D,26D,27D,28D,29D,30D,34D,35D. The molecule has 0 radical (unpaired) electrons. The zero-order valence-corrected chi connectivity index (χ0v) is 28.7. The molecule has 0 atom stereocenters. The van der Waals surface area contributed by atoms with Gasteiger partial charge in [-0.2, -0.15) is 0 Å².